The van der Waals surface area contributed by atoms with E-state index in [0.717, 1.165) is 5.92 Å². The molecule has 2 saturated carbocycles. The van der Waals surface area contributed by atoms with E-state index in [4.69, 9.17) is 4.74 Å². The molecule has 64 valence electrons. The van der Waals surface area contributed by atoms with Crippen molar-refractivity contribution in [3.63, 3.8) is 0 Å². The van der Waals surface area contributed by atoms with E-state index in [2.05, 4.69) is 26.0 Å². The molecule has 3 unspecified atom stereocenters. The Balaban J connectivity index is 1.96. The van der Waals surface area contributed by atoms with Crippen LogP contribution in [0.5, 0.6) is 0 Å². The lowest BCUT2D eigenvalue weighted by atomic mass is 9.30. The monoisotopic (exact) mass is 162 g/mol. The van der Waals surface area contributed by atoms with Crippen LogP contribution in [0, 0.1) is 16.7 Å². The molecular formula is C11H14O. The Kier molecular flexibility index (Phi) is 0.631. The summed E-state index contributed by atoms with van der Waals surface area (Å²) in [4.78, 5) is 0. The molecule has 1 spiro atoms. The highest BCUT2D eigenvalue weighted by Gasteiger charge is 2.86. The topological polar surface area (TPSA) is 9.23 Å². The molecule has 4 aliphatic rings. The summed E-state index contributed by atoms with van der Waals surface area (Å²) in [5.41, 5.74) is 1.21. The van der Waals surface area contributed by atoms with Gasteiger partial charge in [0.05, 0.1) is 11.7 Å². The first-order valence-corrected chi connectivity index (χ1v) is 5.01. The minimum absolute atomic E-state index is 0.133. The molecule has 3 aliphatic carbocycles. The molecule has 1 heterocycles. The molecule has 5 atom stereocenters. The Hall–Kier alpha value is -0.300. The van der Waals surface area contributed by atoms with E-state index >= 15 is 0 Å². The van der Waals surface area contributed by atoms with Gasteiger partial charge in [0.25, 0.3) is 0 Å². The second-order valence-electron chi connectivity index (χ2n) is 5.47. The summed E-state index contributed by atoms with van der Waals surface area (Å²) in [6, 6.07) is 0. The summed E-state index contributed by atoms with van der Waals surface area (Å²) in [6.45, 7) is 4.69. The molecule has 0 radical (unpaired) electrons. The number of ether oxygens (including phenoxy) is 1. The van der Waals surface area contributed by atoms with Crippen molar-refractivity contribution < 1.29 is 4.74 Å². The van der Waals surface area contributed by atoms with E-state index in [1.165, 1.54) is 12.8 Å². The fourth-order valence-electron chi connectivity index (χ4n) is 4.85. The highest BCUT2D eigenvalue weighted by atomic mass is 16.5. The van der Waals surface area contributed by atoms with Gasteiger partial charge in [-0.1, -0.05) is 19.1 Å². The van der Waals surface area contributed by atoms with Gasteiger partial charge in [-0.3, -0.25) is 0 Å². The van der Waals surface area contributed by atoms with Gasteiger partial charge in [0.2, 0.25) is 0 Å². The molecule has 0 amide bonds. The molecule has 0 aromatic heterocycles. The molecule has 0 N–H and O–H groups in total. The fourth-order valence-corrected chi connectivity index (χ4v) is 4.85. The standard InChI is InChI=1S/C11H14O/c1-9-3-4-10(2)11(9)7(6-9)5-8(11)12-10/h3-4,7-8H,5-6H2,1-2H3/t7?,8?,9-,10?,11+/m0/s1. The van der Waals surface area contributed by atoms with Crippen molar-refractivity contribution in [3.05, 3.63) is 12.2 Å². The van der Waals surface area contributed by atoms with Crippen molar-refractivity contribution in [3.8, 4) is 0 Å². The molecule has 4 rings (SSSR count). The van der Waals surface area contributed by atoms with Gasteiger partial charge in [-0.2, -0.15) is 0 Å². The maximum Gasteiger partial charge on any atom is 0.0930 e. The Bertz CT molecular complexity index is 289. The molecule has 1 aliphatic heterocycles. The van der Waals surface area contributed by atoms with Crippen molar-refractivity contribution in [1.82, 2.24) is 0 Å². The highest BCUT2D eigenvalue weighted by Crippen LogP contribution is 2.85. The Labute approximate surface area is 72.8 Å². The van der Waals surface area contributed by atoms with Crippen LogP contribution in [0.1, 0.15) is 26.7 Å². The SMILES string of the molecule is CC12C=C[C@@]3(C)CC4CC(O1)[C@@]423. The van der Waals surface area contributed by atoms with Crippen LogP contribution in [0.25, 0.3) is 0 Å². The lowest BCUT2D eigenvalue weighted by Crippen LogP contribution is -2.85. The largest absolute Gasteiger partial charge is 0.366 e. The Morgan fingerprint density at radius 3 is 2.67 bits per heavy atom. The molecule has 1 nitrogen and oxygen atoms in total. The summed E-state index contributed by atoms with van der Waals surface area (Å²) in [6.07, 6.45) is 8.11. The van der Waals surface area contributed by atoms with Crippen LogP contribution < -0.4 is 0 Å². The predicted octanol–water partition coefficient (Wildman–Crippen LogP) is 2.13. The first kappa shape index (κ1) is 6.20. The zero-order valence-corrected chi connectivity index (χ0v) is 7.63. The minimum Gasteiger partial charge on any atom is -0.366 e. The van der Waals surface area contributed by atoms with Gasteiger partial charge in [-0.05, 0) is 31.1 Å². The molecule has 0 bridgehead atoms. The van der Waals surface area contributed by atoms with E-state index < -0.39 is 0 Å². The van der Waals surface area contributed by atoms with E-state index in [9.17, 15) is 0 Å². The first-order chi connectivity index (χ1) is 5.62. The van der Waals surface area contributed by atoms with Crippen LogP contribution in [0.2, 0.25) is 0 Å². The molecular weight excluding hydrogens is 148 g/mol. The average molecular weight is 162 g/mol. The van der Waals surface area contributed by atoms with Crippen LogP contribution >= 0.6 is 0 Å². The van der Waals surface area contributed by atoms with Crippen molar-refractivity contribution in [2.24, 2.45) is 16.7 Å². The van der Waals surface area contributed by atoms with Gasteiger partial charge in [-0.25, -0.2) is 0 Å². The van der Waals surface area contributed by atoms with Crippen LogP contribution in [0.15, 0.2) is 12.2 Å². The van der Waals surface area contributed by atoms with Gasteiger partial charge in [0.15, 0.2) is 0 Å². The normalized spacial score (nSPS) is 75.2. The summed E-state index contributed by atoms with van der Waals surface area (Å²) in [7, 11) is 0. The minimum atomic E-state index is 0.133. The van der Waals surface area contributed by atoms with E-state index in [1.54, 1.807) is 0 Å². The lowest BCUT2D eigenvalue weighted by molar-refractivity contribution is -0.439. The van der Waals surface area contributed by atoms with Crippen molar-refractivity contribution >= 4 is 0 Å². The smallest absolute Gasteiger partial charge is 0.0930 e. The number of rotatable bonds is 0. The number of allylic oxidation sites excluding steroid dienone is 1. The Morgan fingerprint density at radius 2 is 2.17 bits per heavy atom. The maximum absolute atomic E-state index is 5.92. The third-order valence-corrected chi connectivity index (χ3v) is 5.24. The molecule has 1 saturated heterocycles. The highest BCUT2D eigenvalue weighted by molar-refractivity contribution is 5.44. The van der Waals surface area contributed by atoms with E-state index in [1.807, 2.05) is 0 Å². The average Bonchev–Trinajstić information content (AvgIpc) is 2.16. The molecule has 12 heavy (non-hydrogen) atoms. The van der Waals surface area contributed by atoms with Gasteiger partial charge < -0.3 is 4.74 Å². The van der Waals surface area contributed by atoms with Crippen molar-refractivity contribution in [2.75, 3.05) is 0 Å². The van der Waals surface area contributed by atoms with Gasteiger partial charge in [0, 0.05) is 5.41 Å². The second-order valence-corrected chi connectivity index (χ2v) is 5.47. The maximum atomic E-state index is 5.92. The number of hydrogen-bond acceptors (Lipinski definition) is 1. The summed E-state index contributed by atoms with van der Waals surface area (Å²) in [5, 5.41) is 0. The zero-order valence-electron chi connectivity index (χ0n) is 7.63. The zero-order chi connectivity index (χ0) is 8.19. The van der Waals surface area contributed by atoms with Crippen LogP contribution in [-0.4, -0.2) is 11.7 Å². The molecule has 3 fully saturated rings. The second kappa shape index (κ2) is 1.22. The van der Waals surface area contributed by atoms with Gasteiger partial charge in [-0.15, -0.1) is 0 Å². The molecule has 1 heteroatoms. The Morgan fingerprint density at radius 1 is 1.33 bits per heavy atom. The molecule has 0 aromatic carbocycles. The predicted molar refractivity (Wildman–Crippen MR) is 45.7 cm³/mol. The fraction of sp³-hybridized carbons (Fsp3) is 0.818. The summed E-state index contributed by atoms with van der Waals surface area (Å²) < 4.78 is 5.92. The third-order valence-electron chi connectivity index (χ3n) is 5.24. The van der Waals surface area contributed by atoms with Crippen molar-refractivity contribution in [1.29, 1.82) is 0 Å². The summed E-state index contributed by atoms with van der Waals surface area (Å²) in [5.74, 6) is 0.987. The van der Waals surface area contributed by atoms with Crippen LogP contribution in [0.3, 0.4) is 0 Å². The van der Waals surface area contributed by atoms with Crippen molar-refractivity contribution in [2.45, 2.75) is 38.4 Å². The summed E-state index contributed by atoms with van der Waals surface area (Å²) >= 11 is 0. The van der Waals surface area contributed by atoms with Crippen LogP contribution in [0.4, 0.5) is 0 Å². The van der Waals surface area contributed by atoms with Gasteiger partial charge >= 0.3 is 0 Å². The third kappa shape index (κ3) is 0.286. The first-order valence-electron chi connectivity index (χ1n) is 5.01. The quantitative estimate of drug-likeness (QED) is 0.496. The van der Waals surface area contributed by atoms with E-state index in [0.29, 0.717) is 16.9 Å². The molecule has 0 aromatic rings. The number of hydrogen-bond donors (Lipinski definition) is 0. The lowest BCUT2D eigenvalue weighted by Gasteiger charge is -2.82. The van der Waals surface area contributed by atoms with Gasteiger partial charge in [0.1, 0.15) is 0 Å². The van der Waals surface area contributed by atoms with Crippen LogP contribution in [-0.2, 0) is 4.74 Å². The van der Waals surface area contributed by atoms with E-state index in [-0.39, 0.29) is 5.60 Å².